The third-order valence-corrected chi connectivity index (χ3v) is 10.2. The number of phosphoric acid groups is 1. The van der Waals surface area contributed by atoms with Gasteiger partial charge in [0.15, 0.2) is 6.10 Å². The summed E-state index contributed by atoms with van der Waals surface area (Å²) < 4.78 is 32.6. The van der Waals surface area contributed by atoms with Crippen LogP contribution in [0.25, 0.3) is 0 Å². The predicted octanol–water partition coefficient (Wildman–Crippen LogP) is 6.71. The number of allylic oxidation sites excluding steroid dienone is 7. The summed E-state index contributed by atoms with van der Waals surface area (Å²) in [4.78, 5) is 35.2. The molecule has 1 fully saturated rings. The van der Waals surface area contributed by atoms with Gasteiger partial charge in [0.1, 0.15) is 12.7 Å². The molecule has 1 saturated carbocycles. The maximum atomic E-state index is 12.7. The van der Waals surface area contributed by atoms with E-state index in [0.717, 1.165) is 70.6 Å². The maximum Gasteiger partial charge on any atom is 0.472 e. The van der Waals surface area contributed by atoms with Crippen LogP contribution in [-0.4, -0.2) is 99.3 Å². The molecule has 0 aromatic heterocycles. The molecule has 0 amide bonds. The number of aliphatic hydroxyl groups is 5. The Labute approximate surface area is 334 Å². The van der Waals surface area contributed by atoms with Crippen molar-refractivity contribution in [1.82, 2.24) is 0 Å². The molecule has 322 valence electrons. The van der Waals surface area contributed by atoms with Crippen LogP contribution in [0.15, 0.2) is 60.8 Å². The van der Waals surface area contributed by atoms with Crippen LogP contribution in [0.5, 0.6) is 0 Å². The molecule has 0 aliphatic heterocycles. The van der Waals surface area contributed by atoms with Crippen LogP contribution in [0.3, 0.4) is 0 Å². The molecule has 1 aliphatic carbocycles. The van der Waals surface area contributed by atoms with Gasteiger partial charge in [-0.05, 0) is 57.3 Å². The van der Waals surface area contributed by atoms with E-state index in [1.807, 2.05) is 0 Å². The summed E-state index contributed by atoms with van der Waals surface area (Å²) in [6.07, 6.45) is 27.5. The van der Waals surface area contributed by atoms with Crippen molar-refractivity contribution in [2.75, 3.05) is 26.4 Å². The summed E-state index contributed by atoms with van der Waals surface area (Å²) in [5.41, 5.74) is 0. The summed E-state index contributed by atoms with van der Waals surface area (Å²) in [5.74, 6) is -1.94. The second kappa shape index (κ2) is 32.5. The number of unbranched alkanes of at least 4 members (excludes halogenated alkanes) is 7. The number of carbonyl (C=O) groups is 2. The van der Waals surface area contributed by atoms with Crippen molar-refractivity contribution in [1.29, 1.82) is 0 Å². The third-order valence-electron chi connectivity index (χ3n) is 9.26. The fraction of sp³-hybridized carbons (Fsp3) is 0.714. The Morgan fingerprint density at radius 3 is 2.18 bits per heavy atom. The van der Waals surface area contributed by atoms with Crippen LogP contribution in [-0.2, 0) is 32.7 Å². The number of esters is 2. The minimum absolute atomic E-state index is 0.153. The third kappa shape index (κ3) is 26.5. The van der Waals surface area contributed by atoms with E-state index in [1.165, 1.54) is 0 Å². The van der Waals surface area contributed by atoms with Crippen LogP contribution < -0.4 is 0 Å². The number of phosphoric ester groups is 1. The molecular weight excluding hydrogens is 743 g/mol. The molecule has 0 spiro atoms. The molecule has 1 unspecified atom stereocenters. The van der Waals surface area contributed by atoms with E-state index in [1.54, 1.807) is 24.3 Å². The average Bonchev–Trinajstić information content (AvgIpc) is 3.44. The minimum atomic E-state index is -4.72. The molecule has 0 aromatic rings. The van der Waals surface area contributed by atoms with E-state index in [-0.39, 0.29) is 31.1 Å². The normalized spacial score (nSPS) is 21.8. The van der Waals surface area contributed by atoms with Gasteiger partial charge in [-0.15, -0.1) is 0 Å². The standard InChI is InChI=1S/C42H71O13P/c1-3-5-7-8-9-10-11-12-13-14-15-16-17-18-20-25-41(48)52-32-36(33-54-56(50,51)53-31-35(45)30-43)55-42(49)26-22-21-24-37-38(40(47)29-39(37)46)28-27-34(44)23-19-6-4-2/h5,7,9-10,12-13,21-22,27-28,34-40,43-47H,3-4,6,8,11,14-20,23-26,29-33H2,1-2H3,(H,50,51)/b7-5-,10-9-,13-12-,22-21-,28-27+/t34-,35+,36-,37+,38-,39+,40-/m1/s1. The van der Waals surface area contributed by atoms with Gasteiger partial charge in [0.25, 0.3) is 0 Å². The fourth-order valence-electron chi connectivity index (χ4n) is 6.04. The highest BCUT2D eigenvalue weighted by molar-refractivity contribution is 7.47. The molecule has 8 atom stereocenters. The summed E-state index contributed by atoms with van der Waals surface area (Å²) in [7, 11) is -4.72. The molecule has 1 rings (SSSR count). The van der Waals surface area contributed by atoms with Gasteiger partial charge >= 0.3 is 19.8 Å². The fourth-order valence-corrected chi connectivity index (χ4v) is 6.83. The van der Waals surface area contributed by atoms with Gasteiger partial charge in [0.2, 0.25) is 0 Å². The predicted molar refractivity (Wildman–Crippen MR) is 216 cm³/mol. The highest BCUT2D eigenvalue weighted by atomic mass is 31.2. The van der Waals surface area contributed by atoms with Crippen molar-refractivity contribution in [3.05, 3.63) is 60.8 Å². The first-order chi connectivity index (χ1) is 26.9. The first-order valence-corrected chi connectivity index (χ1v) is 22.0. The Balaban J connectivity index is 2.58. The van der Waals surface area contributed by atoms with Crippen LogP contribution in [0, 0.1) is 11.8 Å². The lowest BCUT2D eigenvalue weighted by Crippen LogP contribution is -2.29. The summed E-state index contributed by atoms with van der Waals surface area (Å²) >= 11 is 0. The monoisotopic (exact) mass is 814 g/mol. The Bertz CT molecular complexity index is 1230. The lowest BCUT2D eigenvalue weighted by atomic mass is 9.89. The van der Waals surface area contributed by atoms with Crippen molar-refractivity contribution in [3.8, 4) is 0 Å². The number of rotatable bonds is 33. The first-order valence-electron chi connectivity index (χ1n) is 20.5. The number of carbonyl (C=O) groups excluding carboxylic acids is 2. The van der Waals surface area contributed by atoms with Gasteiger partial charge in [-0.3, -0.25) is 18.6 Å². The van der Waals surface area contributed by atoms with Crippen molar-refractivity contribution in [3.63, 3.8) is 0 Å². The van der Waals surface area contributed by atoms with E-state index < -0.39 is 76.7 Å². The molecule has 0 bridgehead atoms. The van der Waals surface area contributed by atoms with Crippen LogP contribution in [0.4, 0.5) is 0 Å². The van der Waals surface area contributed by atoms with Gasteiger partial charge in [-0.2, -0.15) is 0 Å². The van der Waals surface area contributed by atoms with E-state index in [9.17, 15) is 39.5 Å². The zero-order valence-electron chi connectivity index (χ0n) is 33.7. The molecule has 6 N–H and O–H groups in total. The highest BCUT2D eigenvalue weighted by Gasteiger charge is 2.39. The van der Waals surface area contributed by atoms with Crippen LogP contribution in [0.1, 0.15) is 123 Å². The summed E-state index contributed by atoms with van der Waals surface area (Å²) in [6.45, 7) is 1.74. The lowest BCUT2D eigenvalue weighted by Gasteiger charge is -2.20. The molecule has 0 saturated heterocycles. The Kier molecular flexibility index (Phi) is 29.9. The Morgan fingerprint density at radius 1 is 0.786 bits per heavy atom. The molecule has 0 aromatic carbocycles. The zero-order chi connectivity index (χ0) is 41.4. The van der Waals surface area contributed by atoms with E-state index >= 15 is 0 Å². The molecule has 0 heterocycles. The first kappa shape index (κ1) is 51.6. The second-order valence-electron chi connectivity index (χ2n) is 14.3. The minimum Gasteiger partial charge on any atom is -0.462 e. The number of hydrogen-bond acceptors (Lipinski definition) is 12. The molecule has 13 nitrogen and oxygen atoms in total. The van der Waals surface area contributed by atoms with E-state index in [0.29, 0.717) is 19.3 Å². The molecular formula is C42H71O13P. The summed E-state index contributed by atoms with van der Waals surface area (Å²) in [5, 5.41) is 49.7. The van der Waals surface area contributed by atoms with Crippen LogP contribution in [0.2, 0.25) is 0 Å². The number of hydrogen-bond donors (Lipinski definition) is 6. The van der Waals surface area contributed by atoms with Crippen molar-refractivity contribution in [2.24, 2.45) is 11.8 Å². The van der Waals surface area contributed by atoms with Crippen molar-refractivity contribution >= 4 is 19.8 Å². The quantitative estimate of drug-likeness (QED) is 0.0176. The average molecular weight is 815 g/mol. The van der Waals surface area contributed by atoms with Gasteiger partial charge in [-0.1, -0.05) is 113 Å². The smallest absolute Gasteiger partial charge is 0.462 e. The molecule has 1 aliphatic rings. The summed E-state index contributed by atoms with van der Waals surface area (Å²) in [6, 6.07) is 0. The van der Waals surface area contributed by atoms with Gasteiger partial charge in [-0.25, -0.2) is 4.57 Å². The Morgan fingerprint density at radius 2 is 1.46 bits per heavy atom. The van der Waals surface area contributed by atoms with Crippen molar-refractivity contribution < 1.29 is 63.1 Å². The van der Waals surface area contributed by atoms with Crippen molar-refractivity contribution in [2.45, 2.75) is 154 Å². The topological polar surface area (TPSA) is 210 Å². The molecule has 0 radical (unpaired) electrons. The highest BCUT2D eigenvalue weighted by Crippen LogP contribution is 2.43. The van der Waals surface area contributed by atoms with E-state index in [4.69, 9.17) is 19.1 Å². The zero-order valence-corrected chi connectivity index (χ0v) is 34.5. The lowest BCUT2D eigenvalue weighted by molar-refractivity contribution is -0.160. The van der Waals surface area contributed by atoms with Crippen LogP contribution >= 0.6 is 7.82 Å². The van der Waals surface area contributed by atoms with E-state index in [2.05, 4.69) is 54.8 Å². The second-order valence-corrected chi connectivity index (χ2v) is 15.7. The Hall–Kier alpha value is -2.45. The molecule has 14 heteroatoms. The van der Waals surface area contributed by atoms with Gasteiger partial charge in [0, 0.05) is 18.8 Å². The molecule has 56 heavy (non-hydrogen) atoms. The van der Waals surface area contributed by atoms with Gasteiger partial charge in [0.05, 0.1) is 44.6 Å². The van der Waals surface area contributed by atoms with Gasteiger partial charge < -0.3 is 39.9 Å². The number of ether oxygens (including phenoxy) is 2. The SMILES string of the molecule is CC/C=C\C/C=C\C/C=C\CCCCCCCC(=O)OC[C@H](COP(=O)(O)OC[C@@H](O)CO)OC(=O)C/C=C\C[C@H]1[C@@H](/C=C/[C@H](O)CCCCC)[C@H](O)C[C@@H]1O. The largest absolute Gasteiger partial charge is 0.472 e. The maximum absolute atomic E-state index is 12.7. The number of aliphatic hydroxyl groups excluding tert-OH is 5.